The minimum Gasteiger partial charge on any atom is -0.391 e. The molecule has 0 aromatic carbocycles. The zero-order valence-corrected chi connectivity index (χ0v) is 45.9. The lowest BCUT2D eigenvalue weighted by Gasteiger charge is -2.32. The van der Waals surface area contributed by atoms with E-state index in [0.717, 1.165) is 84.9 Å². The zero-order chi connectivity index (χ0) is 53.0. The highest BCUT2D eigenvalue weighted by Crippen LogP contribution is 2.46. The van der Waals surface area contributed by atoms with Crippen LogP contribution in [0.5, 0.6) is 0 Å². The topological polar surface area (TPSA) is 175 Å². The quantitative estimate of drug-likeness (QED) is 0.125. The van der Waals surface area contributed by atoms with Crippen molar-refractivity contribution in [3.8, 4) is 0 Å². The number of aliphatic hydroxyl groups excluding tert-OH is 3. The Morgan fingerprint density at radius 3 is 1.50 bits per heavy atom. The molecule has 8 aromatic heterocycles. The van der Waals surface area contributed by atoms with Gasteiger partial charge in [0.15, 0.2) is 11.3 Å². The smallest absolute Gasteiger partial charge is 0.163 e. The Bertz CT molecular complexity index is 3270. The van der Waals surface area contributed by atoms with Crippen LogP contribution >= 0.6 is 0 Å². The molecule has 1 saturated carbocycles. The van der Waals surface area contributed by atoms with Crippen molar-refractivity contribution in [3.05, 3.63) is 135 Å². The number of aromatic nitrogens is 10. The Morgan fingerprint density at radius 1 is 0.487 bits per heavy atom. The molecule has 15 rings (SSSR count). The van der Waals surface area contributed by atoms with Gasteiger partial charge in [0.1, 0.15) is 5.65 Å². The predicted molar refractivity (Wildman–Crippen MR) is 302 cm³/mol. The van der Waals surface area contributed by atoms with Gasteiger partial charge >= 0.3 is 0 Å². The molecule has 16 heteroatoms. The maximum atomic E-state index is 11.0. The van der Waals surface area contributed by atoms with E-state index >= 15 is 0 Å². The van der Waals surface area contributed by atoms with Crippen LogP contribution in [-0.4, -0.2) is 124 Å². The van der Waals surface area contributed by atoms with Crippen molar-refractivity contribution < 1.29 is 15.3 Å². The van der Waals surface area contributed by atoms with Gasteiger partial charge in [0.2, 0.25) is 0 Å². The monoisotopic (exact) mass is 1050 g/mol. The Labute approximate surface area is 457 Å². The lowest BCUT2D eigenvalue weighted by molar-refractivity contribution is 0.0694. The van der Waals surface area contributed by atoms with Gasteiger partial charge in [0.25, 0.3) is 0 Å². The van der Waals surface area contributed by atoms with Crippen LogP contribution in [-0.2, 0) is 38.9 Å². The Balaban J connectivity index is 0.000000111. The number of hydrogen-bond acceptors (Lipinski definition) is 13. The highest BCUT2D eigenvalue weighted by Gasteiger charge is 2.39. The van der Waals surface area contributed by atoms with Gasteiger partial charge in [-0.05, 0) is 162 Å². The van der Waals surface area contributed by atoms with Gasteiger partial charge in [-0.3, -0.25) is 24.7 Å². The van der Waals surface area contributed by atoms with Gasteiger partial charge in [-0.2, -0.15) is 10.2 Å². The summed E-state index contributed by atoms with van der Waals surface area (Å²) < 4.78 is 6.79. The van der Waals surface area contributed by atoms with Gasteiger partial charge in [-0.1, -0.05) is 25.3 Å². The summed E-state index contributed by atoms with van der Waals surface area (Å²) >= 11 is 0. The summed E-state index contributed by atoms with van der Waals surface area (Å²) in [7, 11) is 0. The summed E-state index contributed by atoms with van der Waals surface area (Å²) in [6, 6.07) is 15.7. The molecule has 408 valence electrons. The third kappa shape index (κ3) is 9.63. The third-order valence-electron chi connectivity index (χ3n) is 18.8. The zero-order valence-electron chi connectivity index (χ0n) is 45.9. The van der Waals surface area contributed by atoms with E-state index in [1.807, 2.05) is 44.3 Å². The standard InChI is InChI=1S/C22H31N3O.2C20H23N5O/c1-15-12-17-21-18-8-5-10-24(18)11-9-19(21)25(22(17)23-13-15)14-20(26)16-6-3-2-4-7-16;1-13-10-15-19-16-5-3-8-24(16)9-6-17(19)25(20(15)23-22-13)12-18(26)14-4-2-7-21-11-14;1-13-11-15-19-16-3-2-9-24(16)10-6-17(19)25(20(15)23-22-13)12-18(26)14-4-7-21-8-5-14/h12-13,16,18,20,26H,2-11,14H2,1H3;2,4,7,10-11,16,18,26H,3,5-6,8-9,12H2,1H3;4-5,7-8,11,16,18,26H,2-3,6,9-10,12H2,1H3. The highest BCUT2D eigenvalue weighted by atomic mass is 16.3. The molecule has 6 unspecified atom stereocenters. The number of rotatable bonds is 9. The largest absolute Gasteiger partial charge is 0.391 e. The molecule has 14 heterocycles. The molecule has 0 amide bonds. The van der Waals surface area contributed by atoms with E-state index < -0.39 is 12.2 Å². The van der Waals surface area contributed by atoms with Crippen LogP contribution in [0.1, 0.15) is 163 Å². The van der Waals surface area contributed by atoms with E-state index in [1.165, 1.54) is 146 Å². The first kappa shape index (κ1) is 51.4. The fourth-order valence-corrected chi connectivity index (χ4v) is 15.1. The molecule has 8 aromatic rings. The molecule has 16 nitrogen and oxygen atoms in total. The average molecular weight is 1050 g/mol. The second-order valence-corrected chi connectivity index (χ2v) is 23.6. The average Bonchev–Trinajstić information content (AvgIpc) is 4.41. The van der Waals surface area contributed by atoms with Crippen molar-refractivity contribution in [2.24, 2.45) is 5.92 Å². The molecule has 4 fully saturated rings. The number of nitrogens with zero attached hydrogens (tertiary/aromatic N) is 13. The van der Waals surface area contributed by atoms with Crippen LogP contribution in [0, 0.1) is 26.7 Å². The first-order valence-corrected chi connectivity index (χ1v) is 29.4. The van der Waals surface area contributed by atoms with Crippen molar-refractivity contribution in [3.63, 3.8) is 0 Å². The summed E-state index contributed by atoms with van der Waals surface area (Å²) in [4.78, 5) is 20.9. The van der Waals surface area contributed by atoms with E-state index in [2.05, 4.69) is 83.9 Å². The van der Waals surface area contributed by atoms with Crippen molar-refractivity contribution in [1.29, 1.82) is 0 Å². The maximum Gasteiger partial charge on any atom is 0.163 e. The minimum absolute atomic E-state index is 0.236. The summed E-state index contributed by atoms with van der Waals surface area (Å²) in [6.07, 6.45) is 24.3. The number of pyridine rings is 3. The van der Waals surface area contributed by atoms with Crippen molar-refractivity contribution in [1.82, 2.24) is 63.7 Å². The van der Waals surface area contributed by atoms with Gasteiger partial charge in [-0.15, -0.1) is 10.2 Å². The molecule has 3 N–H and O–H groups in total. The van der Waals surface area contributed by atoms with Crippen LogP contribution in [0.2, 0.25) is 0 Å². The van der Waals surface area contributed by atoms with E-state index in [-0.39, 0.29) is 6.10 Å². The number of hydrogen-bond donors (Lipinski definition) is 3. The van der Waals surface area contributed by atoms with E-state index in [9.17, 15) is 15.3 Å². The molecule has 78 heavy (non-hydrogen) atoms. The first-order chi connectivity index (χ1) is 38.2. The van der Waals surface area contributed by atoms with Crippen molar-refractivity contribution in [2.75, 3.05) is 39.3 Å². The lowest BCUT2D eigenvalue weighted by atomic mass is 9.85. The molecule has 0 radical (unpaired) electrons. The van der Waals surface area contributed by atoms with Crippen LogP contribution in [0.25, 0.3) is 33.1 Å². The molecule has 6 aliphatic heterocycles. The van der Waals surface area contributed by atoms with Gasteiger partial charge in [0, 0.05) is 127 Å². The number of fused-ring (bicyclic) bond motifs is 15. The predicted octanol–water partition coefficient (Wildman–Crippen LogP) is 9.10. The molecule has 1 aliphatic carbocycles. The fraction of sp³-hybridized carbons (Fsp3) is 0.532. The van der Waals surface area contributed by atoms with Crippen LogP contribution < -0.4 is 0 Å². The Hall–Kier alpha value is -6.01. The first-order valence-electron chi connectivity index (χ1n) is 29.4. The van der Waals surface area contributed by atoms with Crippen LogP contribution in [0.3, 0.4) is 0 Å². The maximum absolute atomic E-state index is 11.0. The minimum atomic E-state index is -0.604. The molecule has 3 saturated heterocycles. The van der Waals surface area contributed by atoms with E-state index in [0.29, 0.717) is 37.1 Å². The summed E-state index contributed by atoms with van der Waals surface area (Å²) in [5.74, 6) is 0.467. The fourth-order valence-electron chi connectivity index (χ4n) is 15.1. The molecule has 7 aliphatic rings. The van der Waals surface area contributed by atoms with Gasteiger partial charge in [-0.25, -0.2) is 4.98 Å². The summed E-state index contributed by atoms with van der Waals surface area (Å²) in [6.45, 7) is 14.8. The molecular formula is C62H77N13O3. The number of aryl methyl sites for hydroxylation is 3. The van der Waals surface area contributed by atoms with E-state index in [1.54, 1.807) is 24.8 Å². The van der Waals surface area contributed by atoms with Crippen molar-refractivity contribution in [2.45, 2.75) is 167 Å². The number of aliphatic hydroxyl groups is 3. The second-order valence-electron chi connectivity index (χ2n) is 23.6. The van der Waals surface area contributed by atoms with Crippen molar-refractivity contribution >= 4 is 33.1 Å². The Kier molecular flexibility index (Phi) is 14.4. The van der Waals surface area contributed by atoms with Gasteiger partial charge < -0.3 is 29.0 Å². The lowest BCUT2D eigenvalue weighted by Crippen LogP contribution is -2.33. The van der Waals surface area contributed by atoms with Crippen LogP contribution in [0.15, 0.2) is 73.4 Å². The third-order valence-corrected chi connectivity index (χ3v) is 18.8. The molecule has 0 spiro atoms. The normalized spacial score (nSPS) is 22.4. The molecular weight excluding hydrogens is 975 g/mol. The second kappa shape index (κ2) is 21.9. The molecule has 6 atom stereocenters. The van der Waals surface area contributed by atoms with Crippen LogP contribution in [0.4, 0.5) is 0 Å². The summed E-state index contributed by atoms with van der Waals surface area (Å²) in [5.41, 5.74) is 16.2. The molecule has 0 bridgehead atoms. The Morgan fingerprint density at radius 2 is 0.987 bits per heavy atom. The summed E-state index contributed by atoms with van der Waals surface area (Å²) in [5, 5.41) is 54.0. The SMILES string of the molecule is Cc1cc2c3c(n(CC(O)c4cccnc4)c2nn1)CCN1CCCC31.Cc1cc2c3c(n(CC(O)c4ccncc4)c2nn1)CCN1CCCC31.Cc1cnc2c(c1)c1c(n2CC(O)C2CCCCC2)CCN2CCCC12. The van der Waals surface area contributed by atoms with E-state index in [4.69, 9.17) is 4.98 Å². The van der Waals surface area contributed by atoms with Gasteiger partial charge in [0.05, 0.1) is 49.3 Å². The highest BCUT2D eigenvalue weighted by molar-refractivity contribution is 5.85.